The number of halogens is 1. The van der Waals surface area contributed by atoms with E-state index in [1.807, 2.05) is 30.3 Å². The average molecular weight is 230 g/mol. The summed E-state index contributed by atoms with van der Waals surface area (Å²) in [5.74, 6) is 0.659. The van der Waals surface area contributed by atoms with Crippen LogP contribution in [-0.4, -0.2) is 25.7 Å². The molecule has 0 spiro atoms. The lowest BCUT2D eigenvalue weighted by atomic mass is 10.3. The van der Waals surface area contributed by atoms with Crippen molar-refractivity contribution < 1.29 is 5.48 Å². The van der Waals surface area contributed by atoms with Crippen molar-refractivity contribution in [2.45, 2.75) is 6.54 Å². The molecule has 4 N–H and O–H groups in total. The normalized spacial score (nSPS) is 8.87. The van der Waals surface area contributed by atoms with Gasteiger partial charge in [0.15, 0.2) is 5.82 Å². The molecule has 1 aromatic heterocycles. The van der Waals surface area contributed by atoms with E-state index < -0.39 is 0 Å². The maximum Gasteiger partial charge on any atom is 0.170 e. The summed E-state index contributed by atoms with van der Waals surface area (Å²) in [4.78, 5) is 0. The molecule has 0 atom stereocenters. The summed E-state index contributed by atoms with van der Waals surface area (Å²) in [5.41, 5.74) is 6.39. The largest absolute Gasteiger partial charge is 0.412 e. The summed E-state index contributed by atoms with van der Waals surface area (Å²) < 4.78 is 1.62. The Kier molecular flexibility index (Phi) is 5.46. The lowest BCUT2D eigenvalue weighted by Gasteiger charge is -2.00. The van der Waals surface area contributed by atoms with E-state index in [1.54, 1.807) is 4.68 Å². The highest BCUT2D eigenvalue weighted by molar-refractivity contribution is 5.85. The van der Waals surface area contributed by atoms with Crippen LogP contribution in [0.3, 0.4) is 0 Å². The number of hydrogen-bond acceptors (Lipinski definition) is 4. The summed E-state index contributed by atoms with van der Waals surface area (Å²) in [7, 11) is 0. The van der Waals surface area contributed by atoms with Crippen molar-refractivity contribution in [3.8, 4) is 5.69 Å². The molecule has 0 amide bonds. The van der Waals surface area contributed by atoms with Gasteiger partial charge in [-0.1, -0.05) is 18.2 Å². The summed E-state index contributed by atoms with van der Waals surface area (Å²) in [6.07, 6.45) is 0. The van der Waals surface area contributed by atoms with Gasteiger partial charge in [0.2, 0.25) is 0 Å². The van der Waals surface area contributed by atoms with Gasteiger partial charge in [0.05, 0.1) is 12.2 Å². The van der Waals surface area contributed by atoms with Crippen LogP contribution in [0.2, 0.25) is 0 Å². The van der Waals surface area contributed by atoms with Gasteiger partial charge in [0, 0.05) is 0 Å². The SMILES string of the molecule is Cl.NCc1nnnn1-c1ccccc1.O. The lowest BCUT2D eigenvalue weighted by Crippen LogP contribution is -2.07. The zero-order valence-corrected chi connectivity index (χ0v) is 8.68. The van der Waals surface area contributed by atoms with Crippen LogP contribution < -0.4 is 5.73 Å². The number of hydrogen-bond donors (Lipinski definition) is 1. The molecule has 0 aliphatic rings. The van der Waals surface area contributed by atoms with Gasteiger partial charge in [-0.25, -0.2) is 0 Å². The third-order valence-electron chi connectivity index (χ3n) is 1.72. The number of benzene rings is 1. The second kappa shape index (κ2) is 6.07. The second-order valence-electron chi connectivity index (χ2n) is 2.55. The van der Waals surface area contributed by atoms with Crippen LogP contribution >= 0.6 is 12.4 Å². The highest BCUT2D eigenvalue weighted by atomic mass is 35.5. The van der Waals surface area contributed by atoms with E-state index in [-0.39, 0.29) is 17.9 Å². The first kappa shape index (κ1) is 13.5. The average Bonchev–Trinajstić information content (AvgIpc) is 2.67. The van der Waals surface area contributed by atoms with E-state index in [2.05, 4.69) is 15.5 Å². The third-order valence-corrected chi connectivity index (χ3v) is 1.72. The molecule has 7 heteroatoms. The monoisotopic (exact) mass is 229 g/mol. The fourth-order valence-electron chi connectivity index (χ4n) is 1.10. The van der Waals surface area contributed by atoms with Gasteiger partial charge in [-0.15, -0.1) is 17.5 Å². The van der Waals surface area contributed by atoms with Gasteiger partial charge in [0.25, 0.3) is 0 Å². The first-order valence-corrected chi connectivity index (χ1v) is 3.94. The number of nitrogens with two attached hydrogens (primary N) is 1. The molecule has 0 fully saturated rings. The van der Waals surface area contributed by atoms with Crippen molar-refractivity contribution in [1.29, 1.82) is 0 Å². The Morgan fingerprint density at radius 3 is 2.47 bits per heavy atom. The van der Waals surface area contributed by atoms with Crippen molar-refractivity contribution in [2.75, 3.05) is 0 Å². The number of tetrazole rings is 1. The third kappa shape index (κ3) is 2.72. The maximum atomic E-state index is 5.47. The van der Waals surface area contributed by atoms with E-state index >= 15 is 0 Å². The number of para-hydroxylation sites is 1. The van der Waals surface area contributed by atoms with E-state index in [0.717, 1.165) is 5.69 Å². The Morgan fingerprint density at radius 1 is 1.20 bits per heavy atom. The van der Waals surface area contributed by atoms with Crippen molar-refractivity contribution in [1.82, 2.24) is 20.2 Å². The standard InChI is InChI=1S/C8H9N5.ClH.H2O/c9-6-8-10-11-12-13(8)7-4-2-1-3-5-7;;/h1-5H,6,9H2;1H;1H2. The smallest absolute Gasteiger partial charge is 0.170 e. The fraction of sp³-hybridized carbons (Fsp3) is 0.125. The quantitative estimate of drug-likeness (QED) is 0.765. The molecule has 0 saturated heterocycles. The van der Waals surface area contributed by atoms with Crippen molar-refractivity contribution in [3.05, 3.63) is 36.2 Å². The Hall–Kier alpha value is -1.50. The maximum absolute atomic E-state index is 5.47. The minimum atomic E-state index is 0. The molecule has 82 valence electrons. The van der Waals surface area contributed by atoms with Crippen LogP contribution in [0.15, 0.2) is 30.3 Å². The van der Waals surface area contributed by atoms with Crippen LogP contribution in [0, 0.1) is 0 Å². The van der Waals surface area contributed by atoms with Crippen molar-refractivity contribution in [2.24, 2.45) is 5.73 Å². The summed E-state index contributed by atoms with van der Waals surface area (Å²) >= 11 is 0. The van der Waals surface area contributed by atoms with Crippen molar-refractivity contribution >= 4 is 12.4 Å². The van der Waals surface area contributed by atoms with Crippen molar-refractivity contribution in [3.63, 3.8) is 0 Å². The van der Waals surface area contributed by atoms with Crippen LogP contribution in [0.5, 0.6) is 0 Å². The molecule has 0 unspecified atom stereocenters. The first-order valence-electron chi connectivity index (χ1n) is 3.94. The zero-order valence-electron chi connectivity index (χ0n) is 7.87. The summed E-state index contributed by atoms with van der Waals surface area (Å²) in [6.45, 7) is 0.335. The van der Waals surface area contributed by atoms with Crippen LogP contribution in [0.4, 0.5) is 0 Å². The molecule has 1 aromatic carbocycles. The van der Waals surface area contributed by atoms with Gasteiger partial charge in [-0.05, 0) is 22.6 Å². The zero-order chi connectivity index (χ0) is 9.10. The Labute approximate surface area is 92.8 Å². The molecular formula is C8H12ClN5O. The Morgan fingerprint density at radius 2 is 1.87 bits per heavy atom. The Bertz CT molecular complexity index is 391. The topological polar surface area (TPSA) is 101 Å². The summed E-state index contributed by atoms with van der Waals surface area (Å²) in [5, 5.41) is 11.2. The molecule has 0 aliphatic carbocycles. The predicted molar refractivity (Wildman–Crippen MR) is 57.9 cm³/mol. The molecule has 0 saturated carbocycles. The molecule has 0 aliphatic heterocycles. The van der Waals surface area contributed by atoms with E-state index in [0.29, 0.717) is 12.4 Å². The second-order valence-corrected chi connectivity index (χ2v) is 2.55. The van der Waals surface area contributed by atoms with E-state index in [1.165, 1.54) is 0 Å². The first-order chi connectivity index (χ1) is 6.42. The number of nitrogens with zero attached hydrogens (tertiary/aromatic N) is 4. The Balaban J connectivity index is 0.000000980. The molecule has 15 heavy (non-hydrogen) atoms. The fourth-order valence-corrected chi connectivity index (χ4v) is 1.10. The molecule has 1 heterocycles. The molecule has 0 bridgehead atoms. The lowest BCUT2D eigenvalue weighted by molar-refractivity contribution is 0.761. The number of rotatable bonds is 2. The highest BCUT2D eigenvalue weighted by Gasteiger charge is 2.04. The van der Waals surface area contributed by atoms with Gasteiger partial charge in [-0.2, -0.15) is 4.68 Å². The highest BCUT2D eigenvalue weighted by Crippen LogP contribution is 2.05. The summed E-state index contributed by atoms with van der Waals surface area (Å²) in [6, 6.07) is 9.65. The van der Waals surface area contributed by atoms with Crippen LogP contribution in [0.25, 0.3) is 5.69 Å². The van der Waals surface area contributed by atoms with E-state index in [9.17, 15) is 0 Å². The molecule has 2 aromatic rings. The molecule has 2 rings (SSSR count). The predicted octanol–water partition coefficient (Wildman–Crippen LogP) is -0.282. The van der Waals surface area contributed by atoms with Gasteiger partial charge >= 0.3 is 0 Å². The van der Waals surface area contributed by atoms with Gasteiger partial charge in [-0.3, -0.25) is 0 Å². The van der Waals surface area contributed by atoms with E-state index in [4.69, 9.17) is 5.73 Å². The minimum Gasteiger partial charge on any atom is -0.412 e. The molecule has 6 nitrogen and oxygen atoms in total. The number of aromatic nitrogens is 4. The van der Waals surface area contributed by atoms with Gasteiger partial charge < -0.3 is 11.2 Å². The van der Waals surface area contributed by atoms with Gasteiger partial charge in [0.1, 0.15) is 0 Å². The molecular weight excluding hydrogens is 218 g/mol. The van der Waals surface area contributed by atoms with Crippen LogP contribution in [-0.2, 0) is 6.54 Å². The van der Waals surface area contributed by atoms with Crippen LogP contribution in [0.1, 0.15) is 5.82 Å². The minimum absolute atomic E-state index is 0. The molecule has 0 radical (unpaired) electrons.